The number of rotatable bonds is 31. The summed E-state index contributed by atoms with van der Waals surface area (Å²) in [5.41, 5.74) is 0. The van der Waals surface area contributed by atoms with Gasteiger partial charge in [-0.15, -0.1) is 0 Å². The minimum absolute atomic E-state index is 0.881. The molecule has 234 valence electrons. The Balaban J connectivity index is 5.44. The molecule has 2 N–H and O–H groups in total. The predicted molar refractivity (Wildman–Crippen MR) is 179 cm³/mol. The lowest BCUT2D eigenvalue weighted by atomic mass is 10.1. The largest absolute Gasteiger partial charge is 0.479 e. The van der Waals surface area contributed by atoms with E-state index in [9.17, 15) is 15.0 Å². The van der Waals surface area contributed by atoms with Gasteiger partial charge in [0, 0.05) is 0 Å². The molecule has 0 radical (unpaired) electrons. The smallest absolute Gasteiger partial charge is 0.344 e. The van der Waals surface area contributed by atoms with Gasteiger partial charge in [-0.3, -0.25) is 0 Å². The van der Waals surface area contributed by atoms with Gasteiger partial charge in [-0.1, -0.05) is 172 Å². The molecular formula is C34H70O3P2. The summed E-state index contributed by atoms with van der Waals surface area (Å²) in [7, 11) is -1.82. The molecule has 0 aromatic carbocycles. The van der Waals surface area contributed by atoms with Crippen molar-refractivity contribution in [1.29, 1.82) is 0 Å². The van der Waals surface area contributed by atoms with Gasteiger partial charge in [0.1, 0.15) is 0 Å². The second kappa shape index (κ2) is 28.4. The highest BCUT2D eigenvalue weighted by Crippen LogP contribution is 2.67. The number of carbonyl (C=O) groups is 1. The Morgan fingerprint density at radius 3 is 0.846 bits per heavy atom. The highest BCUT2D eigenvalue weighted by molar-refractivity contribution is 7.78. The summed E-state index contributed by atoms with van der Waals surface area (Å²) in [4.78, 5) is 13.0. The fourth-order valence-corrected chi connectivity index (χ4v) is 13.1. The standard InChI is InChI=1S/C34H70O3P2/c1-5-9-13-17-21-25-29-38(30-26-22-18-14-10-6-2)34(37,33(35)36)39(31-27-23-19-15-11-7-3)32-28-24-20-16-12-8-4/h37H,5-32H2,1-4H3,(H,35,36). The van der Waals surface area contributed by atoms with E-state index in [1.165, 1.54) is 128 Å². The van der Waals surface area contributed by atoms with Crippen LogP contribution in [-0.4, -0.2) is 45.9 Å². The number of carboxylic acids is 1. The first-order valence-corrected chi connectivity index (χ1v) is 20.9. The molecule has 0 saturated carbocycles. The van der Waals surface area contributed by atoms with Gasteiger partial charge in [0.25, 0.3) is 0 Å². The molecule has 0 atom stereocenters. The second-order valence-corrected chi connectivity index (χ2v) is 17.6. The molecule has 0 fully saturated rings. The van der Waals surface area contributed by atoms with Gasteiger partial charge in [-0.25, -0.2) is 4.79 Å². The SMILES string of the molecule is CCCCCCCCP(CCCCCCCC)C(O)(C(=O)O)P(CCCCCCCC)CCCCCCCC. The Labute approximate surface area is 248 Å². The van der Waals surface area contributed by atoms with Crippen molar-refractivity contribution in [2.75, 3.05) is 24.6 Å². The summed E-state index contributed by atoms with van der Waals surface area (Å²) in [5.74, 6) is -0.881. The molecule has 0 bridgehead atoms. The lowest BCUT2D eigenvalue weighted by Crippen LogP contribution is -2.38. The first kappa shape index (κ1) is 39.3. The zero-order valence-corrected chi connectivity index (χ0v) is 28.8. The molecule has 0 unspecified atom stereocenters. The highest BCUT2D eigenvalue weighted by Gasteiger charge is 2.48. The second-order valence-electron chi connectivity index (χ2n) is 12.0. The molecule has 3 nitrogen and oxygen atoms in total. The van der Waals surface area contributed by atoms with Crippen LogP contribution in [0.3, 0.4) is 0 Å². The normalized spacial score (nSPS) is 12.2. The molecule has 0 aromatic heterocycles. The molecule has 0 amide bonds. The molecule has 39 heavy (non-hydrogen) atoms. The number of carboxylic acid groups (broad SMARTS) is 1. The molecule has 0 heterocycles. The Morgan fingerprint density at radius 2 is 0.641 bits per heavy atom. The van der Waals surface area contributed by atoms with Crippen molar-refractivity contribution >= 4 is 21.8 Å². The van der Waals surface area contributed by atoms with E-state index in [2.05, 4.69) is 27.7 Å². The predicted octanol–water partition coefficient (Wildman–Crippen LogP) is 12.1. The van der Waals surface area contributed by atoms with Gasteiger partial charge in [0.05, 0.1) is 0 Å². The summed E-state index contributed by atoms with van der Waals surface area (Å²) in [6.07, 6.45) is 33.3. The molecule has 0 aromatic rings. The topological polar surface area (TPSA) is 57.5 Å². The fraction of sp³-hybridized carbons (Fsp3) is 0.971. The van der Waals surface area contributed by atoms with Gasteiger partial charge in [0.2, 0.25) is 0 Å². The van der Waals surface area contributed by atoms with Crippen molar-refractivity contribution in [3.05, 3.63) is 0 Å². The van der Waals surface area contributed by atoms with Crippen LogP contribution in [-0.2, 0) is 4.79 Å². The van der Waals surface area contributed by atoms with Crippen molar-refractivity contribution in [2.24, 2.45) is 0 Å². The van der Waals surface area contributed by atoms with Crippen LogP contribution >= 0.6 is 15.8 Å². The van der Waals surface area contributed by atoms with Crippen LogP contribution in [0.4, 0.5) is 0 Å². The minimum atomic E-state index is -1.44. The summed E-state index contributed by atoms with van der Waals surface area (Å²) in [6.45, 7) is 9.01. The number of hydrogen-bond donors (Lipinski definition) is 2. The number of aliphatic carboxylic acids is 1. The van der Waals surface area contributed by atoms with Gasteiger partial charge >= 0.3 is 5.97 Å². The third-order valence-corrected chi connectivity index (χ3v) is 15.6. The number of aliphatic hydroxyl groups is 1. The Hall–Kier alpha value is 0.290. The van der Waals surface area contributed by atoms with E-state index in [4.69, 9.17) is 0 Å². The van der Waals surface area contributed by atoms with E-state index >= 15 is 0 Å². The third kappa shape index (κ3) is 19.9. The van der Waals surface area contributed by atoms with E-state index in [1.54, 1.807) is 0 Å². The summed E-state index contributed by atoms with van der Waals surface area (Å²) < 4.78 is 0. The molecule has 0 rings (SSSR count). The van der Waals surface area contributed by atoms with Crippen molar-refractivity contribution < 1.29 is 15.0 Å². The van der Waals surface area contributed by atoms with Gasteiger partial charge < -0.3 is 10.2 Å². The van der Waals surface area contributed by atoms with E-state index in [0.717, 1.165) is 50.3 Å². The quantitative estimate of drug-likeness (QED) is 0.0625. The average Bonchev–Trinajstić information content (AvgIpc) is 2.93. The van der Waals surface area contributed by atoms with Crippen molar-refractivity contribution in [3.8, 4) is 0 Å². The molecular weight excluding hydrogens is 518 g/mol. The van der Waals surface area contributed by atoms with Crippen LogP contribution in [0.1, 0.15) is 182 Å². The van der Waals surface area contributed by atoms with E-state index in [1.807, 2.05) is 0 Å². The van der Waals surface area contributed by atoms with Crippen molar-refractivity contribution in [3.63, 3.8) is 0 Å². The van der Waals surface area contributed by atoms with Crippen LogP contribution in [0.2, 0.25) is 0 Å². The number of hydrogen-bond acceptors (Lipinski definition) is 2. The summed E-state index contributed by atoms with van der Waals surface area (Å²) in [6, 6.07) is 0. The monoisotopic (exact) mass is 588 g/mol. The maximum absolute atomic E-state index is 13.0. The van der Waals surface area contributed by atoms with Gasteiger partial charge in [-0.2, -0.15) is 0 Å². The van der Waals surface area contributed by atoms with Crippen molar-refractivity contribution in [2.45, 2.75) is 187 Å². The van der Waals surface area contributed by atoms with Crippen LogP contribution in [0.15, 0.2) is 0 Å². The fourth-order valence-electron chi connectivity index (χ4n) is 5.65. The molecule has 0 aliphatic carbocycles. The Bertz CT molecular complexity index is 461. The Morgan fingerprint density at radius 1 is 0.436 bits per heavy atom. The molecule has 0 spiro atoms. The highest BCUT2D eigenvalue weighted by atomic mass is 31.2. The molecule has 0 saturated heterocycles. The molecule has 5 heteroatoms. The first-order valence-electron chi connectivity index (χ1n) is 17.4. The van der Waals surface area contributed by atoms with Crippen LogP contribution in [0.5, 0.6) is 0 Å². The van der Waals surface area contributed by atoms with Crippen LogP contribution in [0, 0.1) is 0 Å². The third-order valence-electron chi connectivity index (χ3n) is 8.30. The Kier molecular flexibility index (Phi) is 28.6. The van der Waals surface area contributed by atoms with Crippen molar-refractivity contribution in [1.82, 2.24) is 0 Å². The number of unbranched alkanes of at least 4 members (excludes halogenated alkanes) is 20. The lowest BCUT2D eigenvalue weighted by Gasteiger charge is -2.40. The average molecular weight is 589 g/mol. The van der Waals surface area contributed by atoms with Crippen LogP contribution in [0.25, 0.3) is 0 Å². The van der Waals surface area contributed by atoms with E-state index in [-0.39, 0.29) is 0 Å². The molecule has 0 aliphatic rings. The minimum Gasteiger partial charge on any atom is -0.479 e. The maximum atomic E-state index is 13.0. The molecule has 0 aliphatic heterocycles. The summed E-state index contributed by atoms with van der Waals surface area (Å²) in [5, 5.41) is 21.4. The maximum Gasteiger partial charge on any atom is 0.344 e. The lowest BCUT2D eigenvalue weighted by molar-refractivity contribution is -0.144. The zero-order chi connectivity index (χ0) is 29.0. The first-order chi connectivity index (χ1) is 19.0. The van der Waals surface area contributed by atoms with E-state index < -0.39 is 26.9 Å². The van der Waals surface area contributed by atoms with E-state index in [0.29, 0.717) is 0 Å². The zero-order valence-electron chi connectivity index (χ0n) is 27.0. The van der Waals surface area contributed by atoms with Crippen LogP contribution < -0.4 is 0 Å². The summed E-state index contributed by atoms with van der Waals surface area (Å²) >= 11 is 0. The van der Waals surface area contributed by atoms with Gasteiger partial charge in [-0.05, 0) is 50.3 Å². The van der Waals surface area contributed by atoms with Gasteiger partial charge in [0.15, 0.2) is 5.08 Å².